The molecule has 0 bridgehead atoms. The number of rotatable bonds is 2. The van der Waals surface area contributed by atoms with Crippen molar-refractivity contribution in [2.75, 3.05) is 6.54 Å². The minimum Gasteiger partial charge on any atom is -0.507 e. The Bertz CT molecular complexity index is 429. The van der Waals surface area contributed by atoms with Gasteiger partial charge in [0.2, 0.25) is 0 Å². The minimum atomic E-state index is -1.16. The van der Waals surface area contributed by atoms with E-state index in [0.29, 0.717) is 18.5 Å². The van der Waals surface area contributed by atoms with E-state index >= 15 is 0 Å². The van der Waals surface area contributed by atoms with E-state index in [4.69, 9.17) is 10.8 Å². The zero-order chi connectivity index (χ0) is 11.3. The average Bonchev–Trinajstić information content (AvgIpc) is 2.17. The fraction of sp³-hybridized carbons (Fsp3) is 0.182. The molecule has 0 saturated heterocycles. The predicted molar refractivity (Wildman–Crippen MR) is 55.6 cm³/mol. The fourth-order valence-corrected chi connectivity index (χ4v) is 1.03. The van der Waals surface area contributed by atoms with E-state index in [1.807, 2.05) is 0 Å². The van der Waals surface area contributed by atoms with Crippen LogP contribution in [0.1, 0.15) is 22.3 Å². The maximum absolute atomic E-state index is 10.6. The lowest BCUT2D eigenvalue weighted by Crippen LogP contribution is -1.97. The zero-order valence-corrected chi connectivity index (χ0v) is 8.03. The Morgan fingerprint density at radius 1 is 1.47 bits per heavy atom. The first-order valence-corrected chi connectivity index (χ1v) is 4.40. The summed E-state index contributed by atoms with van der Waals surface area (Å²) in [5.41, 5.74) is 5.71. The highest BCUT2D eigenvalue weighted by Gasteiger charge is 2.08. The molecule has 0 saturated carbocycles. The van der Waals surface area contributed by atoms with Crippen LogP contribution in [0.5, 0.6) is 5.75 Å². The van der Waals surface area contributed by atoms with Crippen molar-refractivity contribution < 1.29 is 15.0 Å². The Morgan fingerprint density at radius 3 is 2.73 bits per heavy atom. The van der Waals surface area contributed by atoms with Gasteiger partial charge in [-0.3, -0.25) is 0 Å². The summed E-state index contributed by atoms with van der Waals surface area (Å²) in [6.07, 6.45) is 0.571. The summed E-state index contributed by atoms with van der Waals surface area (Å²) in [4.78, 5) is 10.6. The Labute approximate surface area is 87.3 Å². The molecule has 0 heterocycles. The number of carboxylic acids is 1. The highest BCUT2D eigenvalue weighted by molar-refractivity contribution is 5.90. The molecule has 0 unspecified atom stereocenters. The normalized spacial score (nSPS) is 9.13. The van der Waals surface area contributed by atoms with Crippen LogP contribution in [0.3, 0.4) is 0 Å². The van der Waals surface area contributed by atoms with Gasteiger partial charge in [0, 0.05) is 18.5 Å². The highest BCUT2D eigenvalue weighted by Crippen LogP contribution is 2.18. The van der Waals surface area contributed by atoms with E-state index in [-0.39, 0.29) is 11.3 Å². The third kappa shape index (κ3) is 3.01. The number of aromatic carboxylic acids is 1. The van der Waals surface area contributed by atoms with Crippen LogP contribution in [0.4, 0.5) is 0 Å². The van der Waals surface area contributed by atoms with E-state index in [2.05, 4.69) is 11.8 Å². The predicted octanol–water partition coefficient (Wildman–Crippen LogP) is 0.791. The summed E-state index contributed by atoms with van der Waals surface area (Å²) in [7, 11) is 0. The Kier molecular flexibility index (Phi) is 3.72. The maximum atomic E-state index is 10.6. The molecular formula is C11H11NO3. The second-order valence-corrected chi connectivity index (χ2v) is 2.88. The molecule has 4 nitrogen and oxygen atoms in total. The van der Waals surface area contributed by atoms with Crippen LogP contribution in [0.25, 0.3) is 0 Å². The number of hydrogen-bond acceptors (Lipinski definition) is 3. The van der Waals surface area contributed by atoms with Crippen molar-refractivity contribution >= 4 is 5.97 Å². The van der Waals surface area contributed by atoms with Gasteiger partial charge in [0.15, 0.2) is 0 Å². The van der Waals surface area contributed by atoms with Gasteiger partial charge in [0.25, 0.3) is 0 Å². The SMILES string of the molecule is NCCC#Cc1ccc(C(=O)O)c(O)c1. The molecule has 0 aromatic heterocycles. The number of carboxylic acid groups (broad SMARTS) is 1. The largest absolute Gasteiger partial charge is 0.507 e. The molecule has 4 N–H and O–H groups in total. The molecule has 1 aromatic rings. The molecule has 0 aliphatic heterocycles. The van der Waals surface area contributed by atoms with Gasteiger partial charge in [-0.15, -0.1) is 0 Å². The van der Waals surface area contributed by atoms with Crippen LogP contribution in [0.2, 0.25) is 0 Å². The van der Waals surface area contributed by atoms with Crippen molar-refractivity contribution in [3.63, 3.8) is 0 Å². The minimum absolute atomic E-state index is 0.126. The van der Waals surface area contributed by atoms with Gasteiger partial charge >= 0.3 is 5.97 Å². The van der Waals surface area contributed by atoms with Gasteiger partial charge in [0.05, 0.1) is 0 Å². The number of carbonyl (C=O) groups is 1. The van der Waals surface area contributed by atoms with E-state index in [1.165, 1.54) is 12.1 Å². The summed E-state index contributed by atoms with van der Waals surface area (Å²) < 4.78 is 0. The Balaban J connectivity index is 2.93. The average molecular weight is 205 g/mol. The van der Waals surface area contributed by atoms with E-state index in [0.717, 1.165) is 0 Å². The van der Waals surface area contributed by atoms with Crippen LogP contribution in [0.15, 0.2) is 18.2 Å². The van der Waals surface area contributed by atoms with Gasteiger partial charge in [0.1, 0.15) is 11.3 Å². The van der Waals surface area contributed by atoms with Crippen molar-refractivity contribution in [3.05, 3.63) is 29.3 Å². The van der Waals surface area contributed by atoms with E-state index < -0.39 is 5.97 Å². The second-order valence-electron chi connectivity index (χ2n) is 2.88. The lowest BCUT2D eigenvalue weighted by atomic mass is 10.1. The third-order valence-corrected chi connectivity index (χ3v) is 1.73. The summed E-state index contributed by atoms with van der Waals surface area (Å²) in [6.45, 7) is 0.478. The molecule has 1 rings (SSSR count). The molecule has 0 atom stereocenters. The maximum Gasteiger partial charge on any atom is 0.339 e. The molecule has 15 heavy (non-hydrogen) atoms. The highest BCUT2D eigenvalue weighted by atomic mass is 16.4. The Morgan fingerprint density at radius 2 is 2.20 bits per heavy atom. The number of hydrogen-bond donors (Lipinski definition) is 3. The first-order valence-electron chi connectivity index (χ1n) is 4.40. The third-order valence-electron chi connectivity index (χ3n) is 1.73. The van der Waals surface area contributed by atoms with Crippen molar-refractivity contribution in [1.82, 2.24) is 0 Å². The number of aromatic hydroxyl groups is 1. The van der Waals surface area contributed by atoms with Gasteiger partial charge in [-0.1, -0.05) is 11.8 Å². The van der Waals surface area contributed by atoms with Crippen molar-refractivity contribution in [2.24, 2.45) is 5.73 Å². The van der Waals surface area contributed by atoms with E-state index in [1.54, 1.807) is 6.07 Å². The topological polar surface area (TPSA) is 83.6 Å². The molecule has 0 radical (unpaired) electrons. The van der Waals surface area contributed by atoms with Gasteiger partial charge in [-0.05, 0) is 18.2 Å². The summed E-state index contributed by atoms with van der Waals surface area (Å²) >= 11 is 0. The standard InChI is InChI=1S/C11H11NO3/c12-6-2-1-3-8-4-5-9(11(14)15)10(13)7-8/h4-5,7,13H,2,6,12H2,(H,14,15). The van der Waals surface area contributed by atoms with Crippen molar-refractivity contribution in [1.29, 1.82) is 0 Å². The first-order chi connectivity index (χ1) is 7.15. The summed E-state index contributed by atoms with van der Waals surface area (Å²) in [5.74, 6) is 4.13. The monoisotopic (exact) mass is 205 g/mol. The lowest BCUT2D eigenvalue weighted by molar-refractivity contribution is 0.0694. The molecule has 4 heteroatoms. The second kappa shape index (κ2) is 5.03. The van der Waals surface area contributed by atoms with Crippen LogP contribution >= 0.6 is 0 Å². The number of benzene rings is 1. The van der Waals surface area contributed by atoms with Crippen LogP contribution < -0.4 is 5.73 Å². The molecule has 0 fully saturated rings. The summed E-state index contributed by atoms with van der Waals surface area (Å²) in [5, 5.41) is 18.0. The fourth-order valence-electron chi connectivity index (χ4n) is 1.03. The van der Waals surface area contributed by atoms with Gasteiger partial charge in [-0.2, -0.15) is 0 Å². The Hall–Kier alpha value is -1.99. The quantitative estimate of drug-likeness (QED) is 0.623. The number of phenols is 1. The van der Waals surface area contributed by atoms with E-state index in [9.17, 15) is 9.90 Å². The molecular weight excluding hydrogens is 194 g/mol. The van der Waals surface area contributed by atoms with Crippen LogP contribution in [-0.2, 0) is 0 Å². The number of nitrogens with two attached hydrogens (primary N) is 1. The smallest absolute Gasteiger partial charge is 0.339 e. The summed E-state index contributed by atoms with van der Waals surface area (Å²) in [6, 6.07) is 4.20. The van der Waals surface area contributed by atoms with Crippen molar-refractivity contribution in [2.45, 2.75) is 6.42 Å². The molecule has 0 aliphatic carbocycles. The molecule has 0 spiro atoms. The van der Waals surface area contributed by atoms with Crippen molar-refractivity contribution in [3.8, 4) is 17.6 Å². The molecule has 0 amide bonds. The lowest BCUT2D eigenvalue weighted by Gasteiger charge is -1.98. The molecule has 1 aromatic carbocycles. The zero-order valence-electron chi connectivity index (χ0n) is 8.03. The van der Waals surface area contributed by atoms with Gasteiger partial charge < -0.3 is 15.9 Å². The van der Waals surface area contributed by atoms with Crippen LogP contribution in [-0.4, -0.2) is 22.7 Å². The first kappa shape index (κ1) is 11.1. The molecule has 78 valence electrons. The van der Waals surface area contributed by atoms with Gasteiger partial charge in [-0.25, -0.2) is 4.79 Å². The van der Waals surface area contributed by atoms with Crippen LogP contribution in [0, 0.1) is 11.8 Å². The molecule has 0 aliphatic rings.